The van der Waals surface area contributed by atoms with Crippen molar-refractivity contribution in [2.24, 2.45) is 0 Å². The third-order valence-corrected chi connectivity index (χ3v) is 11.1. The largest absolute Gasteiger partial charge is 4.00 e. The normalized spacial score (nSPS) is 15.1. The average molecular weight is 624 g/mol. The molecule has 2 fully saturated rings. The topological polar surface area (TPSA) is 0 Å². The summed E-state index contributed by atoms with van der Waals surface area (Å²) in [4.78, 5) is 0. The summed E-state index contributed by atoms with van der Waals surface area (Å²) in [7, 11) is -0.0963. The van der Waals surface area contributed by atoms with E-state index in [1.165, 1.54) is 75.3 Å². The molecule has 206 valence electrons. The maximum absolute atomic E-state index is 2.89. The van der Waals surface area contributed by atoms with E-state index in [2.05, 4.69) is 72.8 Å². The van der Waals surface area contributed by atoms with Crippen LogP contribution in [0, 0.1) is 25.2 Å². The Morgan fingerprint density at radius 2 is 0.800 bits per heavy atom. The van der Waals surface area contributed by atoms with Gasteiger partial charge in [-0.05, 0) is 37.0 Å². The zero-order valence-electron chi connectivity index (χ0n) is 24.2. The van der Waals surface area contributed by atoms with E-state index in [1.54, 1.807) is 5.66 Å². The van der Waals surface area contributed by atoms with Crippen LogP contribution < -0.4 is 0 Å². The molecule has 0 spiro atoms. The van der Waals surface area contributed by atoms with Gasteiger partial charge in [-0.3, -0.25) is 0 Å². The minimum atomic E-state index is -0.0963. The van der Waals surface area contributed by atoms with Gasteiger partial charge in [-0.25, -0.2) is 0 Å². The molecule has 0 aromatic heterocycles. The van der Waals surface area contributed by atoms with Gasteiger partial charge in [0.15, 0.2) is 0 Å². The zero-order chi connectivity index (χ0) is 26.1. The second-order valence-electron chi connectivity index (χ2n) is 10.2. The Kier molecular flexibility index (Phi) is 17.9. The predicted octanol–water partition coefficient (Wildman–Crippen LogP) is 11.2. The Bertz CT molecular complexity index is 933. The summed E-state index contributed by atoms with van der Waals surface area (Å²) < 4.78 is 0. The molecule has 6 rings (SSSR count). The molecule has 0 atom stereocenters. The molecule has 2 heteroatoms. The fourth-order valence-corrected chi connectivity index (χ4v) is 9.79. The summed E-state index contributed by atoms with van der Waals surface area (Å²) in [5.41, 5.74) is 6.57. The predicted molar refractivity (Wildman–Crippen MR) is 172 cm³/mol. The average Bonchev–Trinajstić information content (AvgIpc) is 3.04. The number of benzene rings is 4. The Morgan fingerprint density at radius 3 is 1.07 bits per heavy atom. The van der Waals surface area contributed by atoms with E-state index in [4.69, 9.17) is 0 Å². The minimum Gasteiger partial charge on any atom is -0.358 e. The molecule has 40 heavy (non-hydrogen) atoms. The van der Waals surface area contributed by atoms with Gasteiger partial charge < -0.3 is 7.43 Å². The van der Waals surface area contributed by atoms with Gasteiger partial charge in [-0.1, -0.05) is 80.6 Å². The van der Waals surface area contributed by atoms with Gasteiger partial charge in [0.1, 0.15) is 0 Å². The molecular weight excluding hydrogens is 579 g/mol. The molecule has 2 aliphatic rings. The first kappa shape index (κ1) is 34.3. The Labute approximate surface area is 265 Å². The summed E-state index contributed by atoms with van der Waals surface area (Å²) in [6, 6.07) is 47.7. The van der Waals surface area contributed by atoms with E-state index < -0.39 is 0 Å². The third-order valence-electron chi connectivity index (χ3n) is 7.50. The molecular formula is C38H45PZr. The van der Waals surface area contributed by atoms with Crippen molar-refractivity contribution in [1.29, 1.82) is 0 Å². The Morgan fingerprint density at radius 1 is 0.475 bits per heavy atom. The first-order valence-electron chi connectivity index (χ1n) is 14.5. The standard InChI is InChI=1S/C25H32P.2C6H5.CH3.Zr/c1-5-13-21(14-6-1)25(22-15-7-2-8-16-22)26(23-17-9-3-10-18-23)24-19-11-4-12-20-24;2*1-2-4-6-5-3-1;;/h1-2,5-8,13-16,23-24H,3-4,9-12,17-20H2;2*1-5H;1H3;/q4*-1;+4. The summed E-state index contributed by atoms with van der Waals surface area (Å²) in [6.07, 6.45) is 14.6. The molecule has 0 N–H and O–H groups in total. The van der Waals surface area contributed by atoms with Crippen molar-refractivity contribution in [3.8, 4) is 0 Å². The van der Waals surface area contributed by atoms with E-state index in [9.17, 15) is 0 Å². The van der Waals surface area contributed by atoms with Gasteiger partial charge in [0.05, 0.1) is 0 Å². The Hall–Kier alpha value is -1.94. The smallest absolute Gasteiger partial charge is 0.358 e. The van der Waals surface area contributed by atoms with E-state index >= 15 is 0 Å². The van der Waals surface area contributed by atoms with Crippen LogP contribution >= 0.6 is 7.92 Å². The van der Waals surface area contributed by atoms with E-state index in [-0.39, 0.29) is 41.6 Å². The molecule has 0 saturated heterocycles. The molecule has 2 aliphatic carbocycles. The maximum atomic E-state index is 2.89. The zero-order valence-corrected chi connectivity index (χ0v) is 27.6. The molecule has 0 bridgehead atoms. The number of rotatable bonds is 5. The van der Waals surface area contributed by atoms with Crippen molar-refractivity contribution in [2.45, 2.75) is 75.5 Å². The van der Waals surface area contributed by atoms with Gasteiger partial charge in [-0.2, -0.15) is 72.8 Å². The van der Waals surface area contributed by atoms with Gasteiger partial charge in [0.2, 0.25) is 0 Å². The summed E-state index contributed by atoms with van der Waals surface area (Å²) >= 11 is 0. The van der Waals surface area contributed by atoms with Crippen LogP contribution in [-0.4, -0.2) is 11.3 Å². The van der Waals surface area contributed by atoms with Crippen molar-refractivity contribution < 1.29 is 26.2 Å². The molecule has 0 amide bonds. The molecule has 0 radical (unpaired) electrons. The minimum absolute atomic E-state index is 0. The SMILES string of the molecule is [CH3-].[Zr+4].[c-]1ccccc1.[c-]1ccccc1.c1ccc([C-](c2ccccc2)P(C2CCCCC2)C2CCCCC2)cc1. The summed E-state index contributed by atoms with van der Waals surface area (Å²) in [5.74, 6) is 0. The molecule has 0 unspecified atom stereocenters. The fourth-order valence-electron chi connectivity index (χ4n) is 5.72. The second kappa shape index (κ2) is 20.9. The molecule has 4 aromatic carbocycles. The van der Waals surface area contributed by atoms with Crippen LogP contribution in [0.1, 0.15) is 75.3 Å². The quantitative estimate of drug-likeness (QED) is 0.153. The van der Waals surface area contributed by atoms with Crippen molar-refractivity contribution in [2.75, 3.05) is 0 Å². The van der Waals surface area contributed by atoms with Gasteiger partial charge >= 0.3 is 26.2 Å². The van der Waals surface area contributed by atoms with Gasteiger partial charge in [-0.15, -0.1) is 43.3 Å². The van der Waals surface area contributed by atoms with Crippen LogP contribution in [0.4, 0.5) is 0 Å². The van der Waals surface area contributed by atoms with Crippen LogP contribution in [0.15, 0.2) is 121 Å². The van der Waals surface area contributed by atoms with Crippen LogP contribution in [0.3, 0.4) is 0 Å². The van der Waals surface area contributed by atoms with Crippen LogP contribution in [-0.2, 0) is 26.2 Å². The van der Waals surface area contributed by atoms with Gasteiger partial charge in [0.25, 0.3) is 0 Å². The second-order valence-corrected chi connectivity index (χ2v) is 12.9. The molecule has 0 heterocycles. The first-order chi connectivity index (χ1) is 18.9. The summed E-state index contributed by atoms with van der Waals surface area (Å²) in [6.45, 7) is 0. The first-order valence-corrected chi connectivity index (χ1v) is 16.0. The van der Waals surface area contributed by atoms with E-state index in [0.717, 1.165) is 11.3 Å². The van der Waals surface area contributed by atoms with Crippen molar-refractivity contribution in [3.63, 3.8) is 0 Å². The molecule has 4 aromatic rings. The van der Waals surface area contributed by atoms with Gasteiger partial charge in [0, 0.05) is 0 Å². The maximum Gasteiger partial charge on any atom is 4.00 e. The molecule has 0 aliphatic heterocycles. The van der Waals surface area contributed by atoms with Crippen molar-refractivity contribution in [1.82, 2.24) is 0 Å². The monoisotopic (exact) mass is 622 g/mol. The van der Waals surface area contributed by atoms with E-state index in [0.29, 0.717) is 0 Å². The van der Waals surface area contributed by atoms with Crippen LogP contribution in [0.25, 0.3) is 0 Å². The van der Waals surface area contributed by atoms with Crippen LogP contribution in [0.5, 0.6) is 0 Å². The fraction of sp³-hybridized carbons (Fsp3) is 0.316. The van der Waals surface area contributed by atoms with E-state index in [1.807, 2.05) is 60.7 Å². The number of hydrogen-bond donors (Lipinski definition) is 0. The number of hydrogen-bond acceptors (Lipinski definition) is 0. The molecule has 0 nitrogen and oxygen atoms in total. The van der Waals surface area contributed by atoms with Crippen LogP contribution in [0.2, 0.25) is 0 Å². The van der Waals surface area contributed by atoms with Crippen molar-refractivity contribution in [3.05, 3.63) is 158 Å². The summed E-state index contributed by atoms with van der Waals surface area (Å²) in [5, 5.41) is 0. The molecule has 2 saturated carbocycles. The van der Waals surface area contributed by atoms with Crippen molar-refractivity contribution >= 4 is 7.92 Å². The third kappa shape index (κ3) is 11.5. The Balaban J connectivity index is 0.000000331.